The molecule has 7 heteroatoms. The second kappa shape index (κ2) is 7.57. The molecule has 0 radical (unpaired) electrons. The number of hydrogen-bond acceptors (Lipinski definition) is 5. The van der Waals surface area contributed by atoms with Crippen molar-refractivity contribution in [2.75, 3.05) is 12.4 Å². The van der Waals surface area contributed by atoms with Crippen LogP contribution in [0.5, 0.6) is 5.75 Å². The summed E-state index contributed by atoms with van der Waals surface area (Å²) in [5, 5.41) is 10.4. The van der Waals surface area contributed by atoms with E-state index in [2.05, 4.69) is 15.5 Å². The van der Waals surface area contributed by atoms with Crippen LogP contribution in [0, 0.1) is 5.82 Å². The molecule has 0 aliphatic carbocycles. The normalized spacial score (nSPS) is 10.5. The van der Waals surface area contributed by atoms with Crippen LogP contribution in [0.25, 0.3) is 11.5 Å². The Labute approximate surface area is 143 Å². The molecule has 2 aromatic carbocycles. The Morgan fingerprint density at radius 3 is 2.84 bits per heavy atom. The van der Waals surface area contributed by atoms with Crippen LogP contribution in [0.4, 0.5) is 10.1 Å². The minimum atomic E-state index is -0.437. The first-order valence-corrected chi connectivity index (χ1v) is 7.67. The minimum absolute atomic E-state index is 0.0984. The zero-order valence-corrected chi connectivity index (χ0v) is 13.5. The first-order valence-electron chi connectivity index (χ1n) is 7.67. The zero-order valence-electron chi connectivity index (χ0n) is 13.5. The number of hydrogen-bond donors (Lipinski definition) is 1. The quantitative estimate of drug-likeness (QED) is 0.743. The number of anilines is 1. The zero-order chi connectivity index (χ0) is 17.6. The van der Waals surface area contributed by atoms with E-state index >= 15 is 0 Å². The lowest BCUT2D eigenvalue weighted by atomic mass is 10.2. The van der Waals surface area contributed by atoms with E-state index in [1.807, 2.05) is 0 Å². The van der Waals surface area contributed by atoms with Crippen molar-refractivity contribution in [3.63, 3.8) is 0 Å². The molecule has 3 aromatic rings. The molecule has 0 aliphatic rings. The summed E-state index contributed by atoms with van der Waals surface area (Å²) in [5.41, 5.74) is 0.879. The number of nitrogens with zero attached hydrogens (tertiary/aromatic N) is 2. The highest BCUT2D eigenvalue weighted by molar-refractivity contribution is 5.90. The lowest BCUT2D eigenvalue weighted by Crippen LogP contribution is -2.12. The molecular formula is C18H16FN3O3. The molecule has 0 saturated carbocycles. The minimum Gasteiger partial charge on any atom is -0.497 e. The molecule has 1 aromatic heterocycles. The summed E-state index contributed by atoms with van der Waals surface area (Å²) in [4.78, 5) is 12.0. The number of aromatic nitrogens is 2. The van der Waals surface area contributed by atoms with Gasteiger partial charge in [-0.15, -0.1) is 10.2 Å². The molecule has 0 unspecified atom stereocenters. The Morgan fingerprint density at radius 2 is 2.04 bits per heavy atom. The lowest BCUT2D eigenvalue weighted by Gasteiger charge is -2.06. The molecule has 0 atom stereocenters. The van der Waals surface area contributed by atoms with Gasteiger partial charge in [0.2, 0.25) is 11.8 Å². The van der Waals surface area contributed by atoms with Crippen molar-refractivity contribution in [2.24, 2.45) is 0 Å². The monoisotopic (exact) mass is 341 g/mol. The van der Waals surface area contributed by atoms with Gasteiger partial charge in [0.25, 0.3) is 5.89 Å². The number of carbonyl (C=O) groups is 1. The Morgan fingerprint density at radius 1 is 1.20 bits per heavy atom. The number of aryl methyl sites for hydroxylation is 1. The SMILES string of the molecule is COc1cccc(NC(=O)CCc2nnc(-c3ccccc3F)o2)c1. The fourth-order valence-corrected chi connectivity index (χ4v) is 2.24. The van der Waals surface area contributed by atoms with E-state index in [9.17, 15) is 9.18 Å². The highest BCUT2D eigenvalue weighted by Gasteiger charge is 2.13. The van der Waals surface area contributed by atoms with Crippen LogP contribution in [0.1, 0.15) is 12.3 Å². The van der Waals surface area contributed by atoms with Crippen LogP contribution in [0.2, 0.25) is 0 Å². The summed E-state index contributed by atoms with van der Waals surface area (Å²) in [7, 11) is 1.56. The number of amides is 1. The number of rotatable bonds is 6. The molecule has 0 spiro atoms. The van der Waals surface area contributed by atoms with Crippen LogP contribution in [0.15, 0.2) is 52.9 Å². The maximum absolute atomic E-state index is 13.7. The van der Waals surface area contributed by atoms with Crippen LogP contribution in [0.3, 0.4) is 0 Å². The second-order valence-corrected chi connectivity index (χ2v) is 5.26. The molecule has 0 aliphatic heterocycles. The first-order chi connectivity index (χ1) is 12.2. The number of benzene rings is 2. The summed E-state index contributed by atoms with van der Waals surface area (Å²) in [6.07, 6.45) is 0.424. The molecule has 1 N–H and O–H groups in total. The van der Waals surface area contributed by atoms with E-state index in [0.717, 1.165) is 0 Å². The number of nitrogens with one attached hydrogen (secondary N) is 1. The molecule has 1 amide bonds. The Hall–Kier alpha value is -3.22. The van der Waals surface area contributed by atoms with Crippen molar-refractivity contribution in [1.29, 1.82) is 0 Å². The Kier molecular flexibility index (Phi) is 5.03. The van der Waals surface area contributed by atoms with E-state index in [0.29, 0.717) is 11.4 Å². The van der Waals surface area contributed by atoms with Crippen molar-refractivity contribution in [1.82, 2.24) is 10.2 Å². The summed E-state index contributed by atoms with van der Waals surface area (Å²) >= 11 is 0. The molecule has 128 valence electrons. The topological polar surface area (TPSA) is 77.2 Å². The van der Waals surface area contributed by atoms with Crippen molar-refractivity contribution in [3.05, 3.63) is 60.2 Å². The molecular weight excluding hydrogens is 325 g/mol. The first kappa shape index (κ1) is 16.6. The number of halogens is 1. The van der Waals surface area contributed by atoms with Gasteiger partial charge in [0.15, 0.2) is 0 Å². The molecule has 6 nitrogen and oxygen atoms in total. The summed E-state index contributed by atoms with van der Waals surface area (Å²) in [6.45, 7) is 0. The van der Waals surface area contributed by atoms with Gasteiger partial charge in [-0.25, -0.2) is 4.39 Å². The van der Waals surface area contributed by atoms with Gasteiger partial charge in [0, 0.05) is 24.6 Å². The second-order valence-electron chi connectivity index (χ2n) is 5.26. The maximum atomic E-state index is 13.7. The van der Waals surface area contributed by atoms with Gasteiger partial charge >= 0.3 is 0 Å². The van der Waals surface area contributed by atoms with Gasteiger partial charge in [-0.3, -0.25) is 4.79 Å². The van der Waals surface area contributed by atoms with Crippen LogP contribution in [-0.4, -0.2) is 23.2 Å². The van der Waals surface area contributed by atoms with Gasteiger partial charge < -0.3 is 14.5 Å². The van der Waals surface area contributed by atoms with Crippen molar-refractivity contribution in [3.8, 4) is 17.2 Å². The third-order valence-electron chi connectivity index (χ3n) is 3.49. The van der Waals surface area contributed by atoms with E-state index in [-0.39, 0.29) is 36.1 Å². The molecule has 25 heavy (non-hydrogen) atoms. The lowest BCUT2D eigenvalue weighted by molar-refractivity contribution is -0.116. The smallest absolute Gasteiger partial charge is 0.250 e. The highest BCUT2D eigenvalue weighted by Crippen LogP contribution is 2.21. The standard InChI is InChI=1S/C18H16FN3O3/c1-24-13-6-4-5-12(11-13)20-16(23)9-10-17-21-22-18(25-17)14-7-2-3-8-15(14)19/h2-8,11H,9-10H2,1H3,(H,20,23). The maximum Gasteiger partial charge on any atom is 0.250 e. The predicted molar refractivity (Wildman–Crippen MR) is 89.6 cm³/mol. The average Bonchev–Trinajstić information content (AvgIpc) is 3.09. The van der Waals surface area contributed by atoms with Crippen LogP contribution < -0.4 is 10.1 Å². The number of carbonyl (C=O) groups excluding carboxylic acids is 1. The van der Waals surface area contributed by atoms with Crippen molar-refractivity contribution < 1.29 is 18.3 Å². The third-order valence-corrected chi connectivity index (χ3v) is 3.49. The van der Waals surface area contributed by atoms with E-state index in [1.54, 1.807) is 49.6 Å². The van der Waals surface area contributed by atoms with E-state index in [1.165, 1.54) is 6.07 Å². The molecule has 0 bridgehead atoms. The third kappa shape index (κ3) is 4.20. The summed E-state index contributed by atoms with van der Waals surface area (Å²) in [5.74, 6) is 0.400. The van der Waals surface area contributed by atoms with Crippen LogP contribution >= 0.6 is 0 Å². The van der Waals surface area contributed by atoms with Gasteiger partial charge in [0.1, 0.15) is 11.6 Å². The Bertz CT molecular complexity index is 879. The largest absolute Gasteiger partial charge is 0.497 e. The predicted octanol–water partition coefficient (Wildman–Crippen LogP) is 3.46. The molecule has 1 heterocycles. The van der Waals surface area contributed by atoms with E-state index < -0.39 is 5.82 Å². The van der Waals surface area contributed by atoms with Gasteiger partial charge in [-0.05, 0) is 24.3 Å². The number of methoxy groups -OCH3 is 1. The molecule has 3 rings (SSSR count). The van der Waals surface area contributed by atoms with Crippen molar-refractivity contribution in [2.45, 2.75) is 12.8 Å². The van der Waals surface area contributed by atoms with Gasteiger partial charge in [0.05, 0.1) is 12.7 Å². The fourth-order valence-electron chi connectivity index (χ4n) is 2.24. The van der Waals surface area contributed by atoms with Crippen molar-refractivity contribution >= 4 is 11.6 Å². The van der Waals surface area contributed by atoms with Gasteiger partial charge in [-0.1, -0.05) is 18.2 Å². The Balaban J connectivity index is 1.58. The summed E-state index contributed by atoms with van der Waals surface area (Å²) in [6, 6.07) is 13.2. The average molecular weight is 341 g/mol. The highest BCUT2D eigenvalue weighted by atomic mass is 19.1. The number of ether oxygens (including phenoxy) is 1. The molecule has 0 fully saturated rings. The fraction of sp³-hybridized carbons (Fsp3) is 0.167. The van der Waals surface area contributed by atoms with Gasteiger partial charge in [-0.2, -0.15) is 0 Å². The molecule has 0 saturated heterocycles. The van der Waals surface area contributed by atoms with E-state index in [4.69, 9.17) is 9.15 Å². The van der Waals surface area contributed by atoms with Crippen LogP contribution in [-0.2, 0) is 11.2 Å². The summed E-state index contributed by atoms with van der Waals surface area (Å²) < 4.78 is 24.2.